The highest BCUT2D eigenvalue weighted by molar-refractivity contribution is 5.75. The minimum Gasteiger partial charge on any atom is -0.508 e. The number of carbonyl (C=O) groups excluding carboxylic acids is 1. The first-order chi connectivity index (χ1) is 18.3. The molecule has 0 bridgehead atoms. The maximum atomic E-state index is 10.6. The minimum absolute atomic E-state index is 0.201. The van der Waals surface area contributed by atoms with Crippen molar-refractivity contribution in [1.29, 1.82) is 0 Å². The third kappa shape index (κ3) is 7.13. The van der Waals surface area contributed by atoms with E-state index in [1.807, 2.05) is 42.5 Å². The molecule has 7 nitrogen and oxygen atoms in total. The van der Waals surface area contributed by atoms with Crippen molar-refractivity contribution in [1.82, 2.24) is 0 Å². The fourth-order valence-corrected chi connectivity index (χ4v) is 3.92. The number of hydrogen-bond donors (Lipinski definition) is 2. The van der Waals surface area contributed by atoms with E-state index >= 15 is 0 Å². The summed E-state index contributed by atoms with van der Waals surface area (Å²) in [5.74, 6) is 1.75. The van der Waals surface area contributed by atoms with Gasteiger partial charge in [0.2, 0.25) is 0 Å². The molecule has 0 aliphatic rings. The van der Waals surface area contributed by atoms with E-state index in [-0.39, 0.29) is 11.2 Å². The highest BCUT2D eigenvalue weighted by Gasteiger charge is 2.23. The van der Waals surface area contributed by atoms with Crippen LogP contribution in [0.3, 0.4) is 0 Å². The zero-order valence-electron chi connectivity index (χ0n) is 21.3. The number of amides is 1. The van der Waals surface area contributed by atoms with Gasteiger partial charge in [-0.2, -0.15) is 0 Å². The van der Waals surface area contributed by atoms with Gasteiger partial charge in [-0.3, -0.25) is 0 Å². The fraction of sp³-hybridized carbons (Fsp3) is 0.161. The average molecular weight is 511 g/mol. The normalized spacial score (nSPS) is 11.3. The molecule has 38 heavy (non-hydrogen) atoms. The summed E-state index contributed by atoms with van der Waals surface area (Å²) in [6, 6.07) is 30.6. The average Bonchev–Trinajstić information content (AvgIpc) is 2.92. The SMILES string of the molecule is CC(C)(c1ccc(O)cc1)c1ccc(OCc2cccc(COc3ccc(N=COC(N)=O)cc3)c2)cc1. The van der Waals surface area contributed by atoms with E-state index in [4.69, 9.17) is 15.2 Å². The van der Waals surface area contributed by atoms with Crippen LogP contribution >= 0.6 is 0 Å². The van der Waals surface area contributed by atoms with Gasteiger partial charge in [0, 0.05) is 5.41 Å². The zero-order valence-corrected chi connectivity index (χ0v) is 21.3. The molecule has 7 heteroatoms. The first kappa shape index (κ1) is 26.3. The largest absolute Gasteiger partial charge is 0.508 e. The van der Waals surface area contributed by atoms with Crippen LogP contribution in [-0.4, -0.2) is 17.6 Å². The van der Waals surface area contributed by atoms with E-state index < -0.39 is 6.09 Å². The number of benzene rings is 4. The van der Waals surface area contributed by atoms with Crippen LogP contribution < -0.4 is 15.2 Å². The van der Waals surface area contributed by atoms with Crippen LogP contribution in [0.5, 0.6) is 17.2 Å². The molecule has 3 N–H and O–H groups in total. The molecule has 0 aromatic heterocycles. The Morgan fingerprint density at radius 2 is 1.32 bits per heavy atom. The number of nitrogens with zero attached hydrogens (tertiary/aromatic N) is 1. The van der Waals surface area contributed by atoms with E-state index in [0.717, 1.165) is 34.4 Å². The predicted octanol–water partition coefficient (Wildman–Crippen LogP) is 6.63. The third-order valence-electron chi connectivity index (χ3n) is 6.17. The second kappa shape index (κ2) is 12.0. The number of rotatable bonds is 10. The topological polar surface area (TPSA) is 103 Å². The lowest BCUT2D eigenvalue weighted by molar-refractivity contribution is 0.210. The first-order valence-electron chi connectivity index (χ1n) is 12.1. The number of phenolic OH excluding ortho intramolecular Hbond substituents is 1. The number of aromatic hydroxyl groups is 1. The molecule has 0 atom stereocenters. The number of aliphatic imine (C=N–C) groups is 1. The van der Waals surface area contributed by atoms with Crippen molar-refractivity contribution in [3.8, 4) is 17.2 Å². The Balaban J connectivity index is 1.30. The quantitative estimate of drug-likeness (QED) is 0.184. The summed E-state index contributed by atoms with van der Waals surface area (Å²) in [7, 11) is 0. The number of carbonyl (C=O) groups is 1. The Morgan fingerprint density at radius 1 is 0.816 bits per heavy atom. The van der Waals surface area contributed by atoms with Crippen LogP contribution in [0, 0.1) is 0 Å². The highest BCUT2D eigenvalue weighted by Crippen LogP contribution is 2.33. The molecular weight excluding hydrogens is 480 g/mol. The number of nitrogens with two attached hydrogens (primary N) is 1. The lowest BCUT2D eigenvalue weighted by Gasteiger charge is -2.26. The lowest BCUT2D eigenvalue weighted by atomic mass is 9.78. The molecule has 0 aliphatic carbocycles. The Labute approximate surface area is 222 Å². The summed E-state index contributed by atoms with van der Waals surface area (Å²) in [5.41, 5.74) is 9.65. The first-order valence-corrected chi connectivity index (χ1v) is 12.1. The summed E-state index contributed by atoms with van der Waals surface area (Å²) < 4.78 is 16.4. The standard InChI is InChI=1S/C31H30N2O5/c1-31(2,24-6-12-27(34)13-7-24)25-8-14-28(15-9-25)36-19-22-4-3-5-23(18-22)20-37-29-16-10-26(11-17-29)33-21-38-30(32)35/h3-18,21,34H,19-20H2,1-2H3,(H2,32,35). The molecule has 0 saturated heterocycles. The Morgan fingerprint density at radius 3 is 1.84 bits per heavy atom. The monoisotopic (exact) mass is 510 g/mol. The van der Waals surface area contributed by atoms with Crippen LogP contribution in [0.4, 0.5) is 10.5 Å². The van der Waals surface area contributed by atoms with Crippen molar-refractivity contribution in [2.45, 2.75) is 32.5 Å². The van der Waals surface area contributed by atoms with Crippen LogP contribution in [0.25, 0.3) is 0 Å². The number of hydrogen-bond acceptors (Lipinski definition) is 6. The van der Waals surface area contributed by atoms with Crippen molar-refractivity contribution in [2.75, 3.05) is 0 Å². The van der Waals surface area contributed by atoms with Crippen LogP contribution in [0.1, 0.15) is 36.1 Å². The summed E-state index contributed by atoms with van der Waals surface area (Å²) in [4.78, 5) is 14.5. The van der Waals surface area contributed by atoms with E-state index in [0.29, 0.717) is 24.7 Å². The fourth-order valence-electron chi connectivity index (χ4n) is 3.92. The molecule has 4 aromatic carbocycles. The molecular formula is C31H30N2O5. The van der Waals surface area contributed by atoms with Crippen LogP contribution in [-0.2, 0) is 23.4 Å². The molecule has 0 saturated carbocycles. The second-order valence-electron chi connectivity index (χ2n) is 9.26. The molecule has 0 unspecified atom stereocenters. The van der Waals surface area contributed by atoms with E-state index in [1.54, 1.807) is 36.4 Å². The molecule has 1 amide bonds. The van der Waals surface area contributed by atoms with Crippen molar-refractivity contribution in [3.63, 3.8) is 0 Å². The van der Waals surface area contributed by atoms with Crippen molar-refractivity contribution >= 4 is 18.2 Å². The van der Waals surface area contributed by atoms with E-state index in [9.17, 15) is 9.90 Å². The van der Waals surface area contributed by atoms with Gasteiger partial charge in [0.25, 0.3) is 0 Å². The van der Waals surface area contributed by atoms with Gasteiger partial charge < -0.3 is 25.1 Å². The van der Waals surface area contributed by atoms with Crippen LogP contribution in [0.2, 0.25) is 0 Å². The molecule has 194 valence electrons. The summed E-state index contributed by atoms with van der Waals surface area (Å²) in [6.45, 7) is 5.16. The molecule has 0 spiro atoms. The number of primary amides is 1. The van der Waals surface area contributed by atoms with Crippen LogP contribution in [0.15, 0.2) is 102 Å². The molecule has 4 aromatic rings. The molecule has 0 heterocycles. The van der Waals surface area contributed by atoms with Crippen molar-refractivity contribution in [2.24, 2.45) is 10.7 Å². The minimum atomic E-state index is -0.912. The zero-order chi connectivity index (χ0) is 27.0. The summed E-state index contributed by atoms with van der Waals surface area (Å²) in [6.07, 6.45) is 0.0869. The van der Waals surface area contributed by atoms with Crippen molar-refractivity contribution < 1.29 is 24.1 Å². The summed E-state index contributed by atoms with van der Waals surface area (Å²) >= 11 is 0. The smallest absolute Gasteiger partial charge is 0.410 e. The molecule has 0 radical (unpaired) electrons. The highest BCUT2D eigenvalue weighted by atomic mass is 16.5. The third-order valence-corrected chi connectivity index (χ3v) is 6.17. The van der Waals surface area contributed by atoms with E-state index in [1.165, 1.54) is 0 Å². The van der Waals surface area contributed by atoms with Gasteiger partial charge in [0.05, 0.1) is 5.69 Å². The summed E-state index contributed by atoms with van der Waals surface area (Å²) in [5, 5.41) is 9.59. The van der Waals surface area contributed by atoms with Gasteiger partial charge >= 0.3 is 6.09 Å². The van der Waals surface area contributed by atoms with E-state index in [2.05, 4.69) is 41.8 Å². The van der Waals surface area contributed by atoms with Gasteiger partial charge in [-0.05, 0) is 76.9 Å². The van der Waals surface area contributed by atoms with Gasteiger partial charge in [0.15, 0.2) is 6.40 Å². The second-order valence-corrected chi connectivity index (χ2v) is 9.26. The molecule has 0 fully saturated rings. The predicted molar refractivity (Wildman–Crippen MR) is 147 cm³/mol. The lowest BCUT2D eigenvalue weighted by Crippen LogP contribution is -2.18. The molecule has 4 rings (SSSR count). The number of ether oxygens (including phenoxy) is 3. The van der Waals surface area contributed by atoms with Gasteiger partial charge in [-0.15, -0.1) is 0 Å². The Bertz CT molecular complexity index is 1380. The van der Waals surface area contributed by atoms with Gasteiger partial charge in [0.1, 0.15) is 30.5 Å². The maximum Gasteiger partial charge on any atom is 0.410 e. The maximum absolute atomic E-state index is 10.6. The Kier molecular flexibility index (Phi) is 8.28. The van der Waals surface area contributed by atoms with Crippen molar-refractivity contribution in [3.05, 3.63) is 119 Å². The van der Waals surface area contributed by atoms with Gasteiger partial charge in [-0.25, -0.2) is 9.79 Å². The Hall–Kier alpha value is -4.78. The number of phenols is 1. The molecule has 0 aliphatic heterocycles. The van der Waals surface area contributed by atoms with Gasteiger partial charge in [-0.1, -0.05) is 56.3 Å².